The molecule has 8 nitrogen and oxygen atoms in total. The Hall–Kier alpha value is -2.85. The van der Waals surface area contributed by atoms with E-state index in [-0.39, 0.29) is 23.3 Å². The predicted molar refractivity (Wildman–Crippen MR) is 120 cm³/mol. The summed E-state index contributed by atoms with van der Waals surface area (Å²) in [6, 6.07) is 9.93. The zero-order chi connectivity index (χ0) is 22.6. The van der Waals surface area contributed by atoms with E-state index < -0.39 is 24.5 Å². The number of carbonyl (C=O) groups excluding carboxylic acids is 4. The quantitative estimate of drug-likeness (QED) is 0.369. The molecule has 4 amide bonds. The maximum atomic E-state index is 12.4. The molecule has 0 aliphatic rings. The molecule has 10 heteroatoms. The summed E-state index contributed by atoms with van der Waals surface area (Å²) in [5.41, 5.74) is 0.248. The fourth-order valence-corrected chi connectivity index (χ4v) is 4.00. The van der Waals surface area contributed by atoms with Crippen molar-refractivity contribution in [1.82, 2.24) is 16.0 Å². The molecule has 0 aliphatic heterocycles. The smallest absolute Gasteiger partial charge is 0.339 e. The van der Waals surface area contributed by atoms with Crippen molar-refractivity contribution in [2.24, 2.45) is 0 Å². The zero-order valence-electron chi connectivity index (χ0n) is 17.3. The highest BCUT2D eigenvalue weighted by atomic mass is 32.2. The van der Waals surface area contributed by atoms with E-state index in [9.17, 15) is 19.2 Å². The summed E-state index contributed by atoms with van der Waals surface area (Å²) in [4.78, 5) is 49.5. The molecule has 3 N–H and O–H groups in total. The molecule has 0 atom stereocenters. The molecule has 1 aromatic heterocycles. The van der Waals surface area contributed by atoms with Gasteiger partial charge in [0.1, 0.15) is 0 Å². The van der Waals surface area contributed by atoms with Crippen LogP contribution in [0, 0.1) is 0 Å². The van der Waals surface area contributed by atoms with Gasteiger partial charge in [-0.25, -0.2) is 9.59 Å². The summed E-state index contributed by atoms with van der Waals surface area (Å²) >= 11 is 2.79. The Balaban J connectivity index is 1.76. The van der Waals surface area contributed by atoms with Crippen LogP contribution in [0.2, 0.25) is 0 Å². The first kappa shape index (κ1) is 24.4. The monoisotopic (exact) mass is 463 g/mol. The van der Waals surface area contributed by atoms with Gasteiger partial charge in [0.2, 0.25) is 5.91 Å². The van der Waals surface area contributed by atoms with Crippen LogP contribution in [-0.4, -0.2) is 48.8 Å². The van der Waals surface area contributed by atoms with Crippen LogP contribution in [-0.2, 0) is 20.7 Å². The second-order valence-electron chi connectivity index (χ2n) is 6.72. The minimum atomic E-state index is -0.733. The van der Waals surface area contributed by atoms with Gasteiger partial charge in [-0.3, -0.25) is 14.9 Å². The summed E-state index contributed by atoms with van der Waals surface area (Å²) in [5, 5.41) is 9.42. The molecule has 0 saturated heterocycles. The normalized spacial score (nSPS) is 10.4. The Morgan fingerprint density at radius 2 is 1.84 bits per heavy atom. The molecule has 1 aromatic carbocycles. The van der Waals surface area contributed by atoms with E-state index in [1.54, 1.807) is 35.6 Å². The van der Waals surface area contributed by atoms with Crippen LogP contribution in [0.25, 0.3) is 0 Å². The maximum absolute atomic E-state index is 12.4. The molecule has 0 unspecified atom stereocenters. The Kier molecular flexibility index (Phi) is 10.0. The topological polar surface area (TPSA) is 114 Å². The third kappa shape index (κ3) is 9.22. The van der Waals surface area contributed by atoms with Gasteiger partial charge in [0.15, 0.2) is 6.61 Å². The molecule has 2 aromatic rings. The molecule has 2 rings (SSSR count). The van der Waals surface area contributed by atoms with Crippen molar-refractivity contribution in [3.63, 3.8) is 0 Å². The van der Waals surface area contributed by atoms with Crippen molar-refractivity contribution in [2.45, 2.75) is 31.2 Å². The molecular weight excluding hydrogens is 438 g/mol. The van der Waals surface area contributed by atoms with Crippen molar-refractivity contribution in [2.75, 3.05) is 18.9 Å². The van der Waals surface area contributed by atoms with Gasteiger partial charge in [-0.05, 0) is 43.8 Å². The third-order valence-electron chi connectivity index (χ3n) is 3.74. The number of amides is 4. The summed E-state index contributed by atoms with van der Waals surface area (Å²) in [5.74, 6) is -1.44. The van der Waals surface area contributed by atoms with Crippen LogP contribution in [0.4, 0.5) is 4.79 Å². The first-order chi connectivity index (χ1) is 14.8. The number of imide groups is 1. The average Bonchev–Trinajstić information content (AvgIpc) is 3.23. The number of esters is 1. The van der Waals surface area contributed by atoms with Gasteiger partial charge in [-0.15, -0.1) is 23.1 Å². The number of ether oxygens (including phenoxy) is 1. The SMILES string of the molecule is CC(C)NC(=O)CSc1ccccc1C(=O)OCC(=O)NC(=O)NCCc1cccs1. The predicted octanol–water partition coefficient (Wildman–Crippen LogP) is 2.59. The number of nitrogens with one attached hydrogen (secondary N) is 3. The number of hydrogen-bond acceptors (Lipinski definition) is 7. The number of hydrogen-bond donors (Lipinski definition) is 3. The number of carbonyl (C=O) groups is 4. The van der Waals surface area contributed by atoms with Crippen LogP contribution in [0.5, 0.6) is 0 Å². The second kappa shape index (κ2) is 12.8. The lowest BCUT2D eigenvalue weighted by atomic mass is 10.2. The van der Waals surface area contributed by atoms with E-state index in [1.165, 1.54) is 11.8 Å². The van der Waals surface area contributed by atoms with Crippen molar-refractivity contribution < 1.29 is 23.9 Å². The lowest BCUT2D eigenvalue weighted by Gasteiger charge is -2.11. The fraction of sp³-hybridized carbons (Fsp3) is 0.333. The average molecular weight is 464 g/mol. The molecule has 0 spiro atoms. The van der Waals surface area contributed by atoms with Gasteiger partial charge in [-0.1, -0.05) is 18.2 Å². The van der Waals surface area contributed by atoms with E-state index in [4.69, 9.17) is 4.74 Å². The van der Waals surface area contributed by atoms with Crippen molar-refractivity contribution in [3.05, 3.63) is 52.2 Å². The van der Waals surface area contributed by atoms with Gasteiger partial charge in [0, 0.05) is 22.4 Å². The highest BCUT2D eigenvalue weighted by molar-refractivity contribution is 8.00. The zero-order valence-corrected chi connectivity index (χ0v) is 18.9. The number of thiophene rings is 1. The van der Waals surface area contributed by atoms with Gasteiger partial charge in [0.25, 0.3) is 5.91 Å². The summed E-state index contributed by atoms with van der Waals surface area (Å²) in [6.07, 6.45) is 0.665. The maximum Gasteiger partial charge on any atom is 0.339 e. The molecule has 0 bridgehead atoms. The van der Waals surface area contributed by atoms with Gasteiger partial charge >= 0.3 is 12.0 Å². The van der Waals surface area contributed by atoms with E-state index in [0.717, 1.165) is 4.88 Å². The Bertz CT molecular complexity index is 900. The molecule has 1 heterocycles. The van der Waals surface area contributed by atoms with Crippen molar-refractivity contribution in [3.8, 4) is 0 Å². The number of urea groups is 1. The first-order valence-electron chi connectivity index (χ1n) is 9.63. The van der Waals surface area contributed by atoms with Gasteiger partial charge in [0.05, 0.1) is 11.3 Å². The lowest BCUT2D eigenvalue weighted by Crippen LogP contribution is -2.42. The van der Waals surface area contributed by atoms with Crippen LogP contribution in [0.3, 0.4) is 0 Å². The fourth-order valence-electron chi connectivity index (χ4n) is 2.44. The van der Waals surface area contributed by atoms with Gasteiger partial charge < -0.3 is 15.4 Å². The summed E-state index contributed by atoms with van der Waals surface area (Å²) in [7, 11) is 0. The van der Waals surface area contributed by atoms with E-state index in [1.807, 2.05) is 31.4 Å². The van der Waals surface area contributed by atoms with Crippen molar-refractivity contribution >= 4 is 46.9 Å². The standard InChI is InChI=1S/C21H25N3O5S2/c1-14(2)23-19(26)13-31-17-8-4-3-7-16(17)20(27)29-12-18(25)24-21(28)22-10-9-15-6-5-11-30-15/h3-8,11,14H,9-10,12-13H2,1-2H3,(H,23,26)(H2,22,24,25,28). The Morgan fingerprint density at radius 1 is 1.06 bits per heavy atom. The van der Waals surface area contributed by atoms with Crippen molar-refractivity contribution in [1.29, 1.82) is 0 Å². The van der Waals surface area contributed by atoms with Crippen LogP contribution < -0.4 is 16.0 Å². The molecule has 166 valence electrons. The number of rotatable bonds is 10. The molecule has 0 fully saturated rings. The number of thioether (sulfide) groups is 1. The largest absolute Gasteiger partial charge is 0.452 e. The van der Waals surface area contributed by atoms with Crippen LogP contribution in [0.1, 0.15) is 29.1 Å². The Labute approximate surface area is 189 Å². The molecule has 0 saturated carbocycles. The summed E-state index contributed by atoms with van der Waals surface area (Å²) < 4.78 is 5.02. The minimum Gasteiger partial charge on any atom is -0.452 e. The van der Waals surface area contributed by atoms with Crippen LogP contribution in [0.15, 0.2) is 46.7 Å². The Morgan fingerprint density at radius 3 is 2.55 bits per heavy atom. The molecule has 0 radical (unpaired) electrons. The van der Waals surface area contributed by atoms with E-state index >= 15 is 0 Å². The first-order valence-corrected chi connectivity index (χ1v) is 11.5. The lowest BCUT2D eigenvalue weighted by molar-refractivity contribution is -0.123. The molecule has 31 heavy (non-hydrogen) atoms. The third-order valence-corrected chi connectivity index (χ3v) is 5.75. The van der Waals surface area contributed by atoms with Crippen LogP contribution >= 0.6 is 23.1 Å². The highest BCUT2D eigenvalue weighted by Gasteiger charge is 2.16. The highest BCUT2D eigenvalue weighted by Crippen LogP contribution is 2.23. The van der Waals surface area contributed by atoms with E-state index in [2.05, 4.69) is 16.0 Å². The summed E-state index contributed by atoms with van der Waals surface area (Å²) in [6.45, 7) is 3.52. The second-order valence-corrected chi connectivity index (χ2v) is 8.77. The van der Waals surface area contributed by atoms with Gasteiger partial charge in [-0.2, -0.15) is 0 Å². The molecular formula is C21H25N3O5S2. The number of benzene rings is 1. The van der Waals surface area contributed by atoms with E-state index in [0.29, 0.717) is 17.9 Å². The minimum absolute atomic E-state index is 0.0275. The molecule has 0 aliphatic carbocycles.